The molecule has 10 nitrogen and oxygen atoms in total. The Bertz CT molecular complexity index is 1720. The zero-order valence-electron chi connectivity index (χ0n) is 25.3. The van der Waals surface area contributed by atoms with E-state index in [0.29, 0.717) is 38.2 Å². The number of halogens is 3. The number of carbonyl (C=O) groups is 1. The monoisotopic (exact) mass is 623 g/mol. The smallest absolute Gasteiger partial charge is 0.429 e. The second kappa shape index (κ2) is 11.5. The fraction of sp³-hybridized carbons (Fsp3) is 0.438. The number of nitrogens with one attached hydrogen (secondary N) is 1. The summed E-state index contributed by atoms with van der Waals surface area (Å²) in [5.74, 6) is -0.952. The van der Waals surface area contributed by atoms with Crippen molar-refractivity contribution in [2.24, 2.45) is 12.5 Å². The van der Waals surface area contributed by atoms with E-state index in [1.165, 1.54) is 18.2 Å². The molecular formula is C32H36F3N7O3. The van der Waals surface area contributed by atoms with Gasteiger partial charge in [-0.25, -0.2) is 0 Å². The minimum absolute atomic E-state index is 0.0744. The Hall–Kier alpha value is -4.39. The van der Waals surface area contributed by atoms with Crippen molar-refractivity contribution in [3.63, 3.8) is 0 Å². The fourth-order valence-electron chi connectivity index (χ4n) is 7.04. The molecule has 0 amide bonds. The van der Waals surface area contributed by atoms with Crippen LogP contribution in [0.25, 0.3) is 22.0 Å². The van der Waals surface area contributed by atoms with Gasteiger partial charge in [-0.2, -0.15) is 28.2 Å². The Kier molecular flexibility index (Phi) is 7.84. The first-order chi connectivity index (χ1) is 21.4. The second-order valence-electron chi connectivity index (χ2n) is 12.1. The van der Waals surface area contributed by atoms with E-state index in [0.717, 1.165) is 34.1 Å². The number of hydrogen-bond acceptors (Lipinski definition) is 8. The van der Waals surface area contributed by atoms with E-state index in [-0.39, 0.29) is 28.8 Å². The number of nitrogens with two attached hydrogens (primary N) is 1. The van der Waals surface area contributed by atoms with Gasteiger partial charge in [0, 0.05) is 43.2 Å². The van der Waals surface area contributed by atoms with Gasteiger partial charge in [-0.1, -0.05) is 43.3 Å². The summed E-state index contributed by atoms with van der Waals surface area (Å²) >= 11 is 0. The van der Waals surface area contributed by atoms with E-state index in [4.69, 9.17) is 10.5 Å². The number of alkyl halides is 3. The first kappa shape index (κ1) is 30.6. The Morgan fingerprint density at radius 3 is 2.47 bits per heavy atom. The van der Waals surface area contributed by atoms with Crippen LogP contribution in [0.5, 0.6) is 5.88 Å². The third-order valence-corrected chi connectivity index (χ3v) is 9.37. The number of piperidine rings is 1. The summed E-state index contributed by atoms with van der Waals surface area (Å²) in [6.45, 7) is 5.07. The molecule has 45 heavy (non-hydrogen) atoms. The summed E-state index contributed by atoms with van der Waals surface area (Å²) in [5.41, 5.74) is 9.16. The van der Waals surface area contributed by atoms with Crippen molar-refractivity contribution in [1.82, 2.24) is 25.1 Å². The number of nitrogen functional groups attached to an aromatic ring is 1. The first-order valence-electron chi connectivity index (χ1n) is 15.0. The van der Waals surface area contributed by atoms with E-state index in [1.54, 1.807) is 16.8 Å². The van der Waals surface area contributed by atoms with Gasteiger partial charge in [0.25, 0.3) is 0 Å². The average molecular weight is 624 g/mol. The molecule has 4 heterocycles. The van der Waals surface area contributed by atoms with Gasteiger partial charge in [0.2, 0.25) is 17.9 Å². The number of aryl methyl sites for hydroxylation is 2. The maximum atomic E-state index is 14.4. The molecule has 0 aliphatic carbocycles. The third kappa shape index (κ3) is 5.88. The number of carboxylic acids is 1. The van der Waals surface area contributed by atoms with E-state index < -0.39 is 24.3 Å². The van der Waals surface area contributed by atoms with E-state index in [2.05, 4.69) is 20.4 Å². The molecule has 0 saturated carbocycles. The molecule has 2 aromatic heterocycles. The van der Waals surface area contributed by atoms with E-state index in [9.17, 15) is 23.1 Å². The standard InChI is InChI=1S/C32H36F3N7O3/c1-4-25-31(17-23(37-25)29(43)44)11-13-42(14-12-31)26-16-27(39-30(36)38-26)45-28(32(33,34)35)20-7-5-19(6-8-20)21-9-10-22-18(2)40-41(3)24(22)15-21/h5-10,15-16,23,25,28,37H,4,11-14,17H2,1-3H3,(H,43,44)(H2,36,38,39)/t23?,25?,28-/m1/s1. The highest BCUT2D eigenvalue weighted by Crippen LogP contribution is 2.46. The van der Waals surface area contributed by atoms with Crippen molar-refractivity contribution < 1.29 is 27.8 Å². The lowest BCUT2D eigenvalue weighted by molar-refractivity contribution is -0.198. The van der Waals surface area contributed by atoms with Gasteiger partial charge < -0.3 is 25.8 Å². The molecule has 0 radical (unpaired) electrons. The zero-order valence-corrected chi connectivity index (χ0v) is 25.3. The molecule has 4 N–H and O–H groups in total. The highest BCUT2D eigenvalue weighted by molar-refractivity contribution is 5.86. The topological polar surface area (TPSA) is 131 Å². The number of fused-ring (bicyclic) bond motifs is 1. The molecule has 6 rings (SSSR count). The Balaban J connectivity index is 1.20. The maximum Gasteiger partial charge on any atom is 0.429 e. The van der Waals surface area contributed by atoms with E-state index >= 15 is 0 Å². The van der Waals surface area contributed by atoms with Gasteiger partial charge in [0.1, 0.15) is 11.9 Å². The van der Waals surface area contributed by atoms with Gasteiger partial charge >= 0.3 is 12.1 Å². The molecular weight excluding hydrogens is 587 g/mol. The van der Waals surface area contributed by atoms with Gasteiger partial charge in [-0.15, -0.1) is 0 Å². The number of anilines is 2. The molecule has 4 aromatic rings. The number of carboxylic acid groups (broad SMARTS) is 1. The van der Waals surface area contributed by atoms with Crippen LogP contribution in [0.4, 0.5) is 24.9 Å². The van der Waals surface area contributed by atoms with Crippen LogP contribution in [0.3, 0.4) is 0 Å². The highest BCUT2D eigenvalue weighted by atomic mass is 19.4. The zero-order chi connectivity index (χ0) is 32.1. The van der Waals surface area contributed by atoms with Crippen molar-refractivity contribution in [3.8, 4) is 17.0 Å². The predicted molar refractivity (Wildman–Crippen MR) is 164 cm³/mol. The molecule has 2 fully saturated rings. The van der Waals surface area contributed by atoms with E-state index in [1.807, 2.05) is 44.0 Å². The fourth-order valence-corrected chi connectivity index (χ4v) is 7.04. The third-order valence-electron chi connectivity index (χ3n) is 9.37. The lowest BCUT2D eigenvalue weighted by Crippen LogP contribution is -2.46. The van der Waals surface area contributed by atoms with Crippen LogP contribution in [-0.4, -0.2) is 62.2 Å². The molecule has 2 saturated heterocycles. The summed E-state index contributed by atoms with van der Waals surface area (Å²) in [6, 6.07) is 12.8. The van der Waals surface area contributed by atoms with Crippen molar-refractivity contribution in [2.45, 2.75) is 63.9 Å². The molecule has 13 heteroatoms. The Morgan fingerprint density at radius 1 is 1.13 bits per heavy atom. The normalized spacial score (nSPS) is 20.5. The lowest BCUT2D eigenvalue weighted by atomic mass is 9.71. The molecule has 3 atom stereocenters. The first-order valence-corrected chi connectivity index (χ1v) is 15.0. The van der Waals surface area contributed by atoms with Crippen molar-refractivity contribution in [1.29, 1.82) is 0 Å². The van der Waals surface area contributed by atoms with Crippen LogP contribution < -0.4 is 20.7 Å². The summed E-state index contributed by atoms with van der Waals surface area (Å²) < 4.78 is 50.3. The Morgan fingerprint density at radius 2 is 1.82 bits per heavy atom. The minimum Gasteiger partial charge on any atom is -0.480 e. The van der Waals surface area contributed by atoms with Gasteiger partial charge in [0.15, 0.2) is 0 Å². The van der Waals surface area contributed by atoms with Gasteiger partial charge in [-0.3, -0.25) is 9.48 Å². The van der Waals surface area contributed by atoms with Gasteiger partial charge in [-0.05, 0) is 55.2 Å². The lowest BCUT2D eigenvalue weighted by Gasteiger charge is -2.43. The summed E-state index contributed by atoms with van der Waals surface area (Å²) in [6.07, 6.45) is -4.22. The number of aromatic nitrogens is 4. The van der Waals surface area contributed by atoms with Crippen LogP contribution in [-0.2, 0) is 11.8 Å². The van der Waals surface area contributed by atoms with Crippen LogP contribution in [0.1, 0.15) is 50.0 Å². The van der Waals surface area contributed by atoms with Crippen molar-refractivity contribution in [2.75, 3.05) is 23.7 Å². The number of rotatable bonds is 7. The van der Waals surface area contributed by atoms with Crippen molar-refractivity contribution >= 4 is 28.6 Å². The van der Waals surface area contributed by atoms with Crippen LogP contribution in [0.2, 0.25) is 0 Å². The second-order valence-corrected chi connectivity index (χ2v) is 12.1. The number of nitrogens with zero attached hydrogens (tertiary/aromatic N) is 5. The summed E-state index contributed by atoms with van der Waals surface area (Å²) in [4.78, 5) is 21.8. The number of benzene rings is 2. The SMILES string of the molecule is CCC1NC(C(=O)O)CC12CCN(c1cc(O[C@H](c3ccc(-c4ccc5c(C)nn(C)c5c4)cc3)C(F)(F)F)nc(N)n1)CC2. The average Bonchev–Trinajstić information content (AvgIpc) is 3.51. The molecule has 2 aromatic carbocycles. The number of hydrogen-bond donors (Lipinski definition) is 3. The molecule has 1 spiro atoms. The van der Waals surface area contributed by atoms with Gasteiger partial charge in [0.05, 0.1) is 11.2 Å². The number of aliphatic carboxylic acids is 1. The molecule has 0 bridgehead atoms. The predicted octanol–water partition coefficient (Wildman–Crippen LogP) is 5.42. The quantitative estimate of drug-likeness (QED) is 0.247. The molecule has 2 unspecified atom stereocenters. The minimum atomic E-state index is -4.73. The highest BCUT2D eigenvalue weighted by Gasteiger charge is 2.50. The molecule has 2 aliphatic rings. The Labute approximate surface area is 258 Å². The van der Waals surface area contributed by atoms with Crippen LogP contribution in [0, 0.1) is 12.3 Å². The molecule has 238 valence electrons. The van der Waals surface area contributed by atoms with Crippen LogP contribution >= 0.6 is 0 Å². The summed E-state index contributed by atoms with van der Waals surface area (Å²) in [5, 5.41) is 18.3. The molecule has 2 aliphatic heterocycles. The van der Waals surface area contributed by atoms with Crippen LogP contribution in [0.15, 0.2) is 48.5 Å². The van der Waals surface area contributed by atoms with Crippen molar-refractivity contribution in [3.05, 3.63) is 59.8 Å². The maximum absolute atomic E-state index is 14.4. The largest absolute Gasteiger partial charge is 0.480 e. The number of ether oxygens (including phenoxy) is 1. The summed E-state index contributed by atoms with van der Waals surface area (Å²) in [7, 11) is 1.85.